The highest BCUT2D eigenvalue weighted by Crippen LogP contribution is 2.11. The van der Waals surface area contributed by atoms with E-state index in [1.54, 1.807) is 0 Å². The lowest BCUT2D eigenvalue weighted by Crippen LogP contribution is -2.42. The zero-order valence-corrected chi connectivity index (χ0v) is 12.7. The third kappa shape index (κ3) is 5.61. The fourth-order valence-electron chi connectivity index (χ4n) is 1.96. The van der Waals surface area contributed by atoms with Crippen LogP contribution in [0.1, 0.15) is 32.3 Å². The minimum Gasteiger partial charge on any atom is -0.491 e. The molecule has 1 aromatic carbocycles. The van der Waals surface area contributed by atoms with E-state index in [1.807, 2.05) is 38.1 Å². The van der Waals surface area contributed by atoms with Crippen LogP contribution in [0.15, 0.2) is 24.3 Å². The van der Waals surface area contributed by atoms with Gasteiger partial charge in [0.05, 0.1) is 12.0 Å². The summed E-state index contributed by atoms with van der Waals surface area (Å²) in [7, 11) is 0. The van der Waals surface area contributed by atoms with E-state index in [0.717, 1.165) is 18.6 Å². The molecule has 0 saturated carbocycles. The molecule has 0 aliphatic carbocycles. The molecule has 4 nitrogen and oxygen atoms in total. The Hall–Kier alpha value is -1.55. The van der Waals surface area contributed by atoms with Crippen LogP contribution >= 0.6 is 0 Å². The summed E-state index contributed by atoms with van der Waals surface area (Å²) in [6, 6.07) is 7.84. The Morgan fingerprint density at radius 2 is 2.00 bits per heavy atom. The number of hydrogen-bond donors (Lipinski definition) is 2. The second-order valence-corrected chi connectivity index (χ2v) is 5.25. The Morgan fingerprint density at radius 3 is 2.55 bits per heavy atom. The number of amides is 1. The van der Waals surface area contributed by atoms with E-state index >= 15 is 0 Å². The van der Waals surface area contributed by atoms with Crippen molar-refractivity contribution in [2.45, 2.75) is 39.7 Å². The van der Waals surface area contributed by atoms with Gasteiger partial charge in [0.1, 0.15) is 12.4 Å². The minimum absolute atomic E-state index is 0.0226. The lowest BCUT2D eigenvalue weighted by Gasteiger charge is -2.19. The summed E-state index contributed by atoms with van der Waals surface area (Å²) < 4.78 is 5.65. The number of aryl methyl sites for hydroxylation is 1. The highest BCUT2D eigenvalue weighted by molar-refractivity contribution is 5.79. The number of ether oxygens (including phenoxy) is 1. The van der Waals surface area contributed by atoms with E-state index < -0.39 is 0 Å². The van der Waals surface area contributed by atoms with Gasteiger partial charge in [-0.15, -0.1) is 0 Å². The van der Waals surface area contributed by atoms with Gasteiger partial charge in [0.15, 0.2) is 0 Å². The van der Waals surface area contributed by atoms with Crippen LogP contribution in [0, 0.1) is 12.8 Å². The zero-order valence-electron chi connectivity index (χ0n) is 12.7. The maximum atomic E-state index is 12.0. The van der Waals surface area contributed by atoms with Crippen LogP contribution in [0.2, 0.25) is 0 Å². The Kier molecular flexibility index (Phi) is 7.09. The number of carbonyl (C=O) groups excluding carboxylic acids is 1. The molecule has 1 amide bonds. The molecule has 0 heterocycles. The van der Waals surface area contributed by atoms with Gasteiger partial charge in [-0.3, -0.25) is 4.79 Å². The van der Waals surface area contributed by atoms with Crippen molar-refractivity contribution in [3.05, 3.63) is 29.8 Å². The lowest BCUT2D eigenvalue weighted by molar-refractivity contribution is -0.125. The third-order valence-corrected chi connectivity index (χ3v) is 3.20. The van der Waals surface area contributed by atoms with Gasteiger partial charge in [-0.05, 0) is 32.4 Å². The second-order valence-electron chi connectivity index (χ2n) is 5.25. The lowest BCUT2D eigenvalue weighted by atomic mass is 10.0. The predicted octanol–water partition coefficient (Wildman–Crippen LogP) is 2.25. The minimum atomic E-state index is -0.0955. The molecule has 4 heteroatoms. The summed E-state index contributed by atoms with van der Waals surface area (Å²) in [6.45, 7) is 6.88. The van der Waals surface area contributed by atoms with Crippen molar-refractivity contribution in [2.75, 3.05) is 13.2 Å². The molecule has 0 radical (unpaired) electrons. The normalized spacial score (nSPS) is 13.6. The summed E-state index contributed by atoms with van der Waals surface area (Å²) in [4.78, 5) is 12.0. The average Bonchev–Trinajstić information content (AvgIpc) is 2.44. The molecule has 0 aromatic heterocycles. The SMILES string of the molecule is CCCC(CN)C(=O)NC(C)COc1ccc(C)cc1. The molecule has 112 valence electrons. The summed E-state index contributed by atoms with van der Waals surface area (Å²) in [5.74, 6) is 0.747. The molecule has 3 N–H and O–H groups in total. The predicted molar refractivity (Wildman–Crippen MR) is 81.7 cm³/mol. The van der Waals surface area contributed by atoms with Gasteiger partial charge in [0.2, 0.25) is 5.91 Å². The van der Waals surface area contributed by atoms with Crippen LogP contribution < -0.4 is 15.8 Å². The van der Waals surface area contributed by atoms with Crippen molar-refractivity contribution in [3.8, 4) is 5.75 Å². The number of carbonyl (C=O) groups is 1. The Morgan fingerprint density at radius 1 is 1.35 bits per heavy atom. The second kappa shape index (κ2) is 8.59. The van der Waals surface area contributed by atoms with Gasteiger partial charge in [0.25, 0.3) is 0 Å². The van der Waals surface area contributed by atoms with E-state index in [9.17, 15) is 4.79 Å². The molecule has 0 aliphatic rings. The zero-order chi connectivity index (χ0) is 15.0. The van der Waals surface area contributed by atoms with Gasteiger partial charge >= 0.3 is 0 Å². The average molecular weight is 278 g/mol. The maximum absolute atomic E-state index is 12.0. The Labute approximate surface area is 121 Å². The number of benzene rings is 1. The van der Waals surface area contributed by atoms with Crippen molar-refractivity contribution in [1.29, 1.82) is 0 Å². The summed E-state index contributed by atoms with van der Waals surface area (Å²) in [6.07, 6.45) is 1.79. The highest BCUT2D eigenvalue weighted by atomic mass is 16.5. The molecular formula is C16H26N2O2. The van der Waals surface area contributed by atoms with Crippen LogP contribution in [0.4, 0.5) is 0 Å². The molecule has 2 unspecified atom stereocenters. The van der Waals surface area contributed by atoms with E-state index in [2.05, 4.69) is 12.2 Å². The van der Waals surface area contributed by atoms with Crippen molar-refractivity contribution in [2.24, 2.45) is 11.7 Å². The molecule has 1 aromatic rings. The van der Waals surface area contributed by atoms with E-state index in [1.165, 1.54) is 5.56 Å². The van der Waals surface area contributed by atoms with Gasteiger partial charge in [-0.2, -0.15) is 0 Å². The fourth-order valence-corrected chi connectivity index (χ4v) is 1.96. The number of rotatable bonds is 8. The van der Waals surface area contributed by atoms with Crippen molar-refractivity contribution in [1.82, 2.24) is 5.32 Å². The van der Waals surface area contributed by atoms with Crippen LogP contribution in [-0.4, -0.2) is 25.1 Å². The van der Waals surface area contributed by atoms with E-state index in [-0.39, 0.29) is 17.9 Å². The van der Waals surface area contributed by atoms with Crippen molar-refractivity contribution >= 4 is 5.91 Å². The molecule has 0 fully saturated rings. The molecule has 0 spiro atoms. The smallest absolute Gasteiger partial charge is 0.224 e. The largest absolute Gasteiger partial charge is 0.491 e. The quantitative estimate of drug-likeness (QED) is 0.766. The number of nitrogens with two attached hydrogens (primary N) is 1. The third-order valence-electron chi connectivity index (χ3n) is 3.20. The maximum Gasteiger partial charge on any atom is 0.224 e. The van der Waals surface area contributed by atoms with Crippen LogP contribution in [0.5, 0.6) is 5.75 Å². The van der Waals surface area contributed by atoms with Gasteiger partial charge in [-0.25, -0.2) is 0 Å². The van der Waals surface area contributed by atoms with Gasteiger partial charge in [-0.1, -0.05) is 31.0 Å². The first kappa shape index (κ1) is 16.5. The molecular weight excluding hydrogens is 252 g/mol. The fraction of sp³-hybridized carbons (Fsp3) is 0.562. The molecule has 1 rings (SSSR count). The number of hydrogen-bond acceptors (Lipinski definition) is 3. The molecule has 0 bridgehead atoms. The highest BCUT2D eigenvalue weighted by Gasteiger charge is 2.17. The Bertz CT molecular complexity index is 403. The molecule has 2 atom stereocenters. The molecule has 20 heavy (non-hydrogen) atoms. The summed E-state index contributed by atoms with van der Waals surface area (Å²) in [5, 5.41) is 2.95. The number of nitrogens with one attached hydrogen (secondary N) is 1. The van der Waals surface area contributed by atoms with Gasteiger partial charge in [0, 0.05) is 6.54 Å². The first-order chi connectivity index (χ1) is 9.56. The van der Waals surface area contributed by atoms with Gasteiger partial charge < -0.3 is 15.8 Å². The Balaban J connectivity index is 2.37. The topological polar surface area (TPSA) is 64.4 Å². The van der Waals surface area contributed by atoms with E-state index in [0.29, 0.717) is 13.2 Å². The molecule has 0 saturated heterocycles. The summed E-state index contributed by atoms with van der Waals surface area (Å²) >= 11 is 0. The first-order valence-corrected chi connectivity index (χ1v) is 7.26. The van der Waals surface area contributed by atoms with Crippen LogP contribution in [0.25, 0.3) is 0 Å². The van der Waals surface area contributed by atoms with Crippen molar-refractivity contribution in [3.63, 3.8) is 0 Å². The van der Waals surface area contributed by atoms with Crippen LogP contribution in [0.3, 0.4) is 0 Å². The molecule has 0 aliphatic heterocycles. The summed E-state index contributed by atoms with van der Waals surface area (Å²) in [5.41, 5.74) is 6.82. The van der Waals surface area contributed by atoms with E-state index in [4.69, 9.17) is 10.5 Å². The monoisotopic (exact) mass is 278 g/mol. The van der Waals surface area contributed by atoms with Crippen LogP contribution in [-0.2, 0) is 4.79 Å². The van der Waals surface area contributed by atoms with Crippen molar-refractivity contribution < 1.29 is 9.53 Å². The first-order valence-electron chi connectivity index (χ1n) is 7.26. The standard InChI is InChI=1S/C16H26N2O2/c1-4-5-14(10-17)16(19)18-13(3)11-20-15-8-6-12(2)7-9-15/h6-9,13-14H,4-5,10-11,17H2,1-3H3,(H,18,19).